The predicted molar refractivity (Wildman–Crippen MR) is 76.0 cm³/mol. The standard InChI is InChI=1S/C16H19FN2O2/c17-15-6-4-12(10-18)9-13(15)11-19-8-2-1-3-14(19)5-7-16(20)21/h4,6,9,14H,1-3,5,7-8,11H2,(H,20,21). The number of likely N-dealkylation sites (tertiary alicyclic amines) is 1. The van der Waals surface area contributed by atoms with E-state index in [9.17, 15) is 9.18 Å². The van der Waals surface area contributed by atoms with Crippen molar-refractivity contribution < 1.29 is 14.3 Å². The minimum absolute atomic E-state index is 0.141. The molecular formula is C16H19FN2O2. The molecule has 1 unspecified atom stereocenters. The molecule has 4 nitrogen and oxygen atoms in total. The van der Waals surface area contributed by atoms with Gasteiger partial charge in [0.1, 0.15) is 5.82 Å². The molecule has 1 aromatic rings. The van der Waals surface area contributed by atoms with Gasteiger partial charge in [-0.2, -0.15) is 5.26 Å². The lowest BCUT2D eigenvalue weighted by molar-refractivity contribution is -0.137. The quantitative estimate of drug-likeness (QED) is 0.905. The summed E-state index contributed by atoms with van der Waals surface area (Å²) < 4.78 is 13.9. The lowest BCUT2D eigenvalue weighted by atomic mass is 9.97. The first kappa shape index (κ1) is 15.5. The number of hydrogen-bond acceptors (Lipinski definition) is 3. The molecule has 0 spiro atoms. The van der Waals surface area contributed by atoms with Gasteiger partial charge in [0.05, 0.1) is 11.6 Å². The molecule has 0 aromatic heterocycles. The number of carboxylic acids is 1. The van der Waals surface area contributed by atoms with E-state index in [0.717, 1.165) is 25.8 Å². The lowest BCUT2D eigenvalue weighted by Gasteiger charge is -2.35. The number of benzene rings is 1. The average molecular weight is 290 g/mol. The van der Waals surface area contributed by atoms with Gasteiger partial charge < -0.3 is 5.11 Å². The van der Waals surface area contributed by atoms with Crippen molar-refractivity contribution in [1.82, 2.24) is 4.90 Å². The summed E-state index contributed by atoms with van der Waals surface area (Å²) in [5.41, 5.74) is 0.960. The molecular weight excluding hydrogens is 271 g/mol. The second-order valence-electron chi connectivity index (χ2n) is 5.47. The van der Waals surface area contributed by atoms with Crippen LogP contribution in [-0.2, 0) is 11.3 Å². The van der Waals surface area contributed by atoms with E-state index in [1.165, 1.54) is 12.1 Å². The first-order chi connectivity index (χ1) is 10.1. The zero-order valence-electron chi connectivity index (χ0n) is 11.9. The lowest BCUT2D eigenvalue weighted by Crippen LogP contribution is -2.39. The number of carbonyl (C=O) groups is 1. The fourth-order valence-electron chi connectivity index (χ4n) is 2.87. The van der Waals surface area contributed by atoms with Crippen LogP contribution in [0.5, 0.6) is 0 Å². The number of nitrogens with zero attached hydrogens (tertiary/aromatic N) is 2. The topological polar surface area (TPSA) is 64.3 Å². The number of carboxylic acid groups (broad SMARTS) is 1. The van der Waals surface area contributed by atoms with E-state index >= 15 is 0 Å². The van der Waals surface area contributed by atoms with Gasteiger partial charge in [0.2, 0.25) is 0 Å². The van der Waals surface area contributed by atoms with Gasteiger partial charge in [0.25, 0.3) is 0 Å². The second kappa shape index (κ2) is 7.19. The third kappa shape index (κ3) is 4.27. The van der Waals surface area contributed by atoms with Crippen LogP contribution in [0.15, 0.2) is 18.2 Å². The average Bonchev–Trinajstić information content (AvgIpc) is 2.48. The van der Waals surface area contributed by atoms with Crippen molar-refractivity contribution in [2.45, 2.75) is 44.7 Å². The summed E-state index contributed by atoms with van der Waals surface area (Å²) >= 11 is 0. The van der Waals surface area contributed by atoms with E-state index in [4.69, 9.17) is 10.4 Å². The molecule has 112 valence electrons. The smallest absolute Gasteiger partial charge is 0.303 e. The highest BCUT2D eigenvalue weighted by molar-refractivity contribution is 5.66. The molecule has 1 aliphatic rings. The van der Waals surface area contributed by atoms with Gasteiger partial charge in [-0.25, -0.2) is 4.39 Å². The molecule has 0 amide bonds. The van der Waals surface area contributed by atoms with Gasteiger partial charge >= 0.3 is 5.97 Å². The fourth-order valence-corrected chi connectivity index (χ4v) is 2.87. The van der Waals surface area contributed by atoms with E-state index < -0.39 is 5.97 Å². The Labute approximate surface area is 123 Å². The van der Waals surface area contributed by atoms with E-state index in [0.29, 0.717) is 24.1 Å². The Hall–Kier alpha value is -1.93. The molecule has 1 N–H and O–H groups in total. The van der Waals surface area contributed by atoms with Gasteiger partial charge in [-0.05, 0) is 44.0 Å². The van der Waals surface area contributed by atoms with Crippen LogP contribution in [-0.4, -0.2) is 28.6 Å². The third-order valence-corrected chi connectivity index (χ3v) is 3.99. The molecule has 5 heteroatoms. The predicted octanol–water partition coefficient (Wildman–Crippen LogP) is 2.92. The van der Waals surface area contributed by atoms with E-state index in [2.05, 4.69) is 4.90 Å². The second-order valence-corrected chi connectivity index (χ2v) is 5.47. The van der Waals surface area contributed by atoms with Crippen molar-refractivity contribution in [3.8, 4) is 6.07 Å². The van der Waals surface area contributed by atoms with E-state index in [1.54, 1.807) is 6.07 Å². The number of aliphatic carboxylic acids is 1. The monoisotopic (exact) mass is 290 g/mol. The number of halogens is 1. The summed E-state index contributed by atoms with van der Waals surface area (Å²) in [4.78, 5) is 12.9. The first-order valence-corrected chi connectivity index (χ1v) is 7.24. The van der Waals surface area contributed by atoms with Gasteiger partial charge in [0.15, 0.2) is 0 Å². The Balaban J connectivity index is 2.08. The molecule has 1 atom stereocenters. The van der Waals surface area contributed by atoms with Crippen LogP contribution in [0.4, 0.5) is 4.39 Å². The molecule has 0 radical (unpaired) electrons. The van der Waals surface area contributed by atoms with Crippen LogP contribution in [0.2, 0.25) is 0 Å². The summed E-state index contributed by atoms with van der Waals surface area (Å²) in [6.45, 7) is 1.28. The zero-order chi connectivity index (χ0) is 15.2. The Morgan fingerprint density at radius 3 is 3.00 bits per heavy atom. The summed E-state index contributed by atoms with van der Waals surface area (Å²) in [6, 6.07) is 6.58. The molecule has 1 aromatic carbocycles. The first-order valence-electron chi connectivity index (χ1n) is 7.24. The molecule has 1 heterocycles. The Kier molecular flexibility index (Phi) is 5.29. The molecule has 0 bridgehead atoms. The normalized spacial score (nSPS) is 19.1. The van der Waals surface area contributed by atoms with Gasteiger partial charge in [-0.3, -0.25) is 9.69 Å². The summed E-state index contributed by atoms with van der Waals surface area (Å²) in [6.07, 6.45) is 3.81. The SMILES string of the molecule is N#Cc1ccc(F)c(CN2CCCCC2CCC(=O)O)c1. The maximum absolute atomic E-state index is 13.9. The van der Waals surface area contributed by atoms with Crippen LogP contribution < -0.4 is 0 Å². The Morgan fingerprint density at radius 1 is 1.48 bits per heavy atom. The molecule has 0 saturated carbocycles. The van der Waals surface area contributed by atoms with Gasteiger partial charge in [-0.15, -0.1) is 0 Å². The Morgan fingerprint density at radius 2 is 2.29 bits per heavy atom. The number of nitriles is 1. The number of hydrogen-bond donors (Lipinski definition) is 1. The van der Waals surface area contributed by atoms with Crippen LogP contribution in [0.1, 0.15) is 43.2 Å². The summed E-state index contributed by atoms with van der Waals surface area (Å²) in [5.74, 6) is -1.10. The van der Waals surface area contributed by atoms with Crippen molar-refractivity contribution >= 4 is 5.97 Å². The van der Waals surface area contributed by atoms with Crippen LogP contribution in [0, 0.1) is 17.1 Å². The van der Waals surface area contributed by atoms with Gasteiger partial charge in [-0.1, -0.05) is 6.42 Å². The molecule has 1 aliphatic heterocycles. The molecule has 2 rings (SSSR count). The van der Waals surface area contributed by atoms with Crippen LogP contribution in [0.3, 0.4) is 0 Å². The highest BCUT2D eigenvalue weighted by atomic mass is 19.1. The third-order valence-electron chi connectivity index (χ3n) is 3.99. The minimum Gasteiger partial charge on any atom is -0.481 e. The molecule has 1 saturated heterocycles. The van der Waals surface area contributed by atoms with Crippen molar-refractivity contribution in [3.05, 3.63) is 35.1 Å². The summed E-state index contributed by atoms with van der Waals surface area (Å²) in [5, 5.41) is 17.7. The summed E-state index contributed by atoms with van der Waals surface area (Å²) in [7, 11) is 0. The molecule has 1 fully saturated rings. The maximum Gasteiger partial charge on any atom is 0.303 e. The largest absolute Gasteiger partial charge is 0.481 e. The van der Waals surface area contributed by atoms with E-state index in [1.807, 2.05) is 6.07 Å². The number of rotatable bonds is 5. The zero-order valence-corrected chi connectivity index (χ0v) is 11.9. The van der Waals surface area contributed by atoms with Gasteiger partial charge in [0, 0.05) is 24.6 Å². The molecule has 21 heavy (non-hydrogen) atoms. The van der Waals surface area contributed by atoms with Crippen LogP contribution in [0.25, 0.3) is 0 Å². The maximum atomic E-state index is 13.9. The molecule has 0 aliphatic carbocycles. The highest BCUT2D eigenvalue weighted by Crippen LogP contribution is 2.24. The number of piperidine rings is 1. The van der Waals surface area contributed by atoms with Crippen molar-refractivity contribution in [2.24, 2.45) is 0 Å². The van der Waals surface area contributed by atoms with Crippen LogP contribution >= 0.6 is 0 Å². The minimum atomic E-state index is -0.793. The van der Waals surface area contributed by atoms with Crippen molar-refractivity contribution in [3.63, 3.8) is 0 Å². The fraction of sp³-hybridized carbons (Fsp3) is 0.500. The van der Waals surface area contributed by atoms with E-state index in [-0.39, 0.29) is 18.3 Å². The van der Waals surface area contributed by atoms with Crippen molar-refractivity contribution in [2.75, 3.05) is 6.54 Å². The van der Waals surface area contributed by atoms with Crippen molar-refractivity contribution in [1.29, 1.82) is 5.26 Å². The Bertz CT molecular complexity index is 554. The highest BCUT2D eigenvalue weighted by Gasteiger charge is 2.23.